The molecule has 0 bridgehead atoms. The fourth-order valence-corrected chi connectivity index (χ4v) is 2.42. The predicted octanol–water partition coefficient (Wildman–Crippen LogP) is 2.36. The van der Waals surface area contributed by atoms with Crippen molar-refractivity contribution < 1.29 is 9.66 Å². The van der Waals surface area contributed by atoms with E-state index in [1.807, 2.05) is 39.9 Å². The van der Waals surface area contributed by atoms with Gasteiger partial charge in [-0.2, -0.15) is 0 Å². The molecular weight excluding hydrogens is 340 g/mol. The summed E-state index contributed by atoms with van der Waals surface area (Å²) in [5.74, 6) is 0.0483. The summed E-state index contributed by atoms with van der Waals surface area (Å²) in [7, 11) is 5.73. The Hall–Kier alpha value is -1.25. The lowest BCUT2D eigenvalue weighted by Gasteiger charge is -2.22. The summed E-state index contributed by atoms with van der Waals surface area (Å²) in [4.78, 5) is 17.0. The molecule has 0 saturated heterocycles. The number of halogens is 1. The number of nitrogens with zero attached hydrogens (tertiary/aromatic N) is 3. The molecule has 0 spiro atoms. The van der Waals surface area contributed by atoms with Crippen LogP contribution in [0.1, 0.15) is 25.6 Å². The number of hydrogen-bond acceptors (Lipinski definition) is 6. The van der Waals surface area contributed by atoms with E-state index in [4.69, 9.17) is 4.74 Å². The van der Waals surface area contributed by atoms with Crippen molar-refractivity contribution in [1.82, 2.24) is 15.2 Å². The van der Waals surface area contributed by atoms with Crippen molar-refractivity contribution in [3.8, 4) is 5.88 Å². The normalized spacial score (nSPS) is 12.8. The van der Waals surface area contributed by atoms with Gasteiger partial charge < -0.3 is 15.0 Å². The van der Waals surface area contributed by atoms with Crippen LogP contribution in [0.15, 0.2) is 10.5 Å². The molecule has 118 valence electrons. The molecule has 0 saturated carbocycles. The SMILES string of the molecule is CNC(CN(C)C)c1nc(OC(C)C)c([N+](=O)[O-])cc1Br. The molecule has 0 aliphatic heterocycles. The molecule has 8 heteroatoms. The zero-order chi connectivity index (χ0) is 16.2. The molecule has 0 aromatic carbocycles. The van der Waals surface area contributed by atoms with Crippen LogP contribution in [-0.4, -0.2) is 48.6 Å². The minimum atomic E-state index is -0.487. The number of ether oxygens (including phenoxy) is 1. The highest BCUT2D eigenvalue weighted by atomic mass is 79.9. The average molecular weight is 361 g/mol. The molecule has 0 fully saturated rings. The minimum absolute atomic E-state index is 0.0483. The highest BCUT2D eigenvalue weighted by Gasteiger charge is 2.25. The molecule has 0 radical (unpaired) electrons. The van der Waals surface area contributed by atoms with Gasteiger partial charge in [-0.1, -0.05) is 0 Å². The Balaban J connectivity index is 3.29. The summed E-state index contributed by atoms with van der Waals surface area (Å²) in [5.41, 5.74) is 0.548. The Labute approximate surface area is 133 Å². The second-order valence-electron chi connectivity index (χ2n) is 5.21. The zero-order valence-corrected chi connectivity index (χ0v) is 14.5. The van der Waals surface area contributed by atoms with Gasteiger partial charge in [0.05, 0.1) is 22.8 Å². The van der Waals surface area contributed by atoms with Crippen LogP contribution in [0, 0.1) is 10.1 Å². The predicted molar refractivity (Wildman–Crippen MR) is 84.7 cm³/mol. The Morgan fingerprint density at radius 3 is 2.57 bits per heavy atom. The molecule has 0 aliphatic carbocycles. The van der Waals surface area contributed by atoms with Crippen molar-refractivity contribution in [2.75, 3.05) is 27.7 Å². The van der Waals surface area contributed by atoms with Gasteiger partial charge in [-0.25, -0.2) is 4.98 Å². The number of rotatable bonds is 7. The smallest absolute Gasteiger partial charge is 0.332 e. The Morgan fingerprint density at radius 2 is 2.14 bits per heavy atom. The number of nitro groups is 1. The van der Waals surface area contributed by atoms with Gasteiger partial charge in [0.1, 0.15) is 0 Å². The average Bonchev–Trinajstić information content (AvgIpc) is 2.36. The second-order valence-corrected chi connectivity index (χ2v) is 6.06. The lowest BCUT2D eigenvalue weighted by molar-refractivity contribution is -0.386. The van der Waals surface area contributed by atoms with E-state index in [9.17, 15) is 10.1 Å². The Kier molecular flexibility index (Phi) is 6.50. The van der Waals surface area contributed by atoms with Crippen molar-refractivity contribution in [2.24, 2.45) is 0 Å². The van der Waals surface area contributed by atoms with Gasteiger partial charge in [-0.15, -0.1) is 0 Å². The van der Waals surface area contributed by atoms with Gasteiger partial charge in [0.25, 0.3) is 5.88 Å². The van der Waals surface area contributed by atoms with E-state index in [-0.39, 0.29) is 23.7 Å². The van der Waals surface area contributed by atoms with Crippen LogP contribution < -0.4 is 10.1 Å². The topological polar surface area (TPSA) is 80.5 Å². The maximum absolute atomic E-state index is 11.1. The van der Waals surface area contributed by atoms with Crippen LogP contribution in [0.5, 0.6) is 5.88 Å². The first-order valence-corrected chi connectivity index (χ1v) is 7.39. The van der Waals surface area contributed by atoms with Crippen LogP contribution in [-0.2, 0) is 0 Å². The van der Waals surface area contributed by atoms with Gasteiger partial charge in [0.2, 0.25) is 0 Å². The lowest BCUT2D eigenvalue weighted by Crippen LogP contribution is -2.30. The number of aromatic nitrogens is 1. The molecule has 0 amide bonds. The van der Waals surface area contributed by atoms with Gasteiger partial charge in [-0.05, 0) is 50.9 Å². The molecule has 0 aliphatic rings. The maximum atomic E-state index is 11.1. The van der Waals surface area contributed by atoms with Crippen molar-refractivity contribution in [2.45, 2.75) is 26.0 Å². The summed E-state index contributed by atoms with van der Waals surface area (Å²) in [6.07, 6.45) is -0.188. The molecule has 1 unspecified atom stereocenters. The molecular formula is C13H21BrN4O3. The third-order valence-corrected chi connectivity index (χ3v) is 3.35. The van der Waals surface area contributed by atoms with Crippen LogP contribution >= 0.6 is 15.9 Å². The third-order valence-electron chi connectivity index (χ3n) is 2.72. The molecule has 1 aromatic rings. The highest BCUT2D eigenvalue weighted by molar-refractivity contribution is 9.10. The molecule has 1 rings (SSSR count). The van der Waals surface area contributed by atoms with Gasteiger partial charge in [0.15, 0.2) is 0 Å². The first-order valence-electron chi connectivity index (χ1n) is 6.59. The van der Waals surface area contributed by atoms with E-state index >= 15 is 0 Å². The standard InChI is InChI=1S/C13H21BrN4O3/c1-8(2)21-13-11(18(19)20)6-9(14)12(16-13)10(15-3)7-17(4)5/h6,8,10,15H,7H2,1-5H3. The van der Waals surface area contributed by atoms with E-state index in [1.54, 1.807) is 0 Å². The molecule has 1 N–H and O–H groups in total. The fourth-order valence-electron chi connectivity index (χ4n) is 1.84. The van der Waals surface area contributed by atoms with Crippen LogP contribution in [0.4, 0.5) is 5.69 Å². The quantitative estimate of drug-likeness (QED) is 0.593. The zero-order valence-electron chi connectivity index (χ0n) is 12.9. The molecule has 1 aromatic heterocycles. The first-order chi connectivity index (χ1) is 9.76. The van der Waals surface area contributed by atoms with Gasteiger partial charge in [0, 0.05) is 17.1 Å². The molecule has 1 heterocycles. The van der Waals surface area contributed by atoms with Crippen molar-refractivity contribution in [3.63, 3.8) is 0 Å². The molecule has 21 heavy (non-hydrogen) atoms. The first kappa shape index (κ1) is 17.8. The largest absolute Gasteiger partial charge is 0.470 e. The minimum Gasteiger partial charge on any atom is -0.470 e. The maximum Gasteiger partial charge on any atom is 0.332 e. The van der Waals surface area contributed by atoms with Gasteiger partial charge >= 0.3 is 5.69 Å². The summed E-state index contributed by atoms with van der Waals surface area (Å²) in [5, 5.41) is 14.3. The molecule has 7 nitrogen and oxygen atoms in total. The Bertz CT molecular complexity index is 508. The lowest BCUT2D eigenvalue weighted by atomic mass is 10.1. The van der Waals surface area contributed by atoms with E-state index in [0.29, 0.717) is 16.7 Å². The van der Waals surface area contributed by atoms with E-state index in [1.165, 1.54) is 6.07 Å². The summed E-state index contributed by atoms with van der Waals surface area (Å²) in [6.45, 7) is 4.33. The van der Waals surface area contributed by atoms with E-state index in [2.05, 4.69) is 26.2 Å². The second kappa shape index (κ2) is 7.67. The number of pyridine rings is 1. The van der Waals surface area contributed by atoms with Gasteiger partial charge in [-0.3, -0.25) is 10.1 Å². The van der Waals surface area contributed by atoms with Crippen molar-refractivity contribution in [3.05, 3.63) is 26.3 Å². The Morgan fingerprint density at radius 1 is 1.52 bits per heavy atom. The summed E-state index contributed by atoms with van der Waals surface area (Å²) in [6, 6.07) is 1.38. The van der Waals surface area contributed by atoms with Crippen molar-refractivity contribution >= 4 is 21.6 Å². The van der Waals surface area contributed by atoms with Crippen LogP contribution in [0.3, 0.4) is 0 Å². The summed E-state index contributed by atoms with van der Waals surface area (Å²) < 4.78 is 6.08. The van der Waals surface area contributed by atoms with E-state index in [0.717, 1.165) is 0 Å². The van der Waals surface area contributed by atoms with Crippen LogP contribution in [0.25, 0.3) is 0 Å². The highest BCUT2D eigenvalue weighted by Crippen LogP contribution is 2.33. The van der Waals surface area contributed by atoms with E-state index < -0.39 is 4.92 Å². The number of likely N-dealkylation sites (N-methyl/N-ethyl adjacent to an activating group) is 2. The third kappa shape index (κ3) is 4.90. The van der Waals surface area contributed by atoms with Crippen LogP contribution in [0.2, 0.25) is 0 Å². The molecule has 1 atom stereocenters. The summed E-state index contributed by atoms with van der Waals surface area (Å²) >= 11 is 3.37. The number of hydrogen-bond donors (Lipinski definition) is 1. The number of nitrogens with one attached hydrogen (secondary N) is 1. The monoisotopic (exact) mass is 360 g/mol. The fraction of sp³-hybridized carbons (Fsp3) is 0.615. The van der Waals surface area contributed by atoms with Crippen molar-refractivity contribution in [1.29, 1.82) is 0 Å².